The van der Waals surface area contributed by atoms with Crippen molar-refractivity contribution in [2.45, 2.75) is 6.54 Å². The molecule has 2 rings (SSSR count). The predicted molar refractivity (Wildman–Crippen MR) is 64.2 cm³/mol. The summed E-state index contributed by atoms with van der Waals surface area (Å²) in [5.41, 5.74) is 6.11. The van der Waals surface area contributed by atoms with Crippen LogP contribution in [0.1, 0.15) is 0 Å². The van der Waals surface area contributed by atoms with Gasteiger partial charge in [0, 0.05) is 11.3 Å². The zero-order valence-corrected chi connectivity index (χ0v) is 9.25. The number of nitrogens with two attached hydrogens (primary N) is 1. The molecule has 1 aromatic carbocycles. The monoisotopic (exact) mass is 249 g/mol. The maximum absolute atomic E-state index is 11.5. The van der Waals surface area contributed by atoms with Crippen LogP contribution in [-0.4, -0.2) is 25.7 Å². The van der Waals surface area contributed by atoms with Crippen LogP contribution in [0.25, 0.3) is 11.3 Å². The smallest absolute Gasteiger partial charge is 0.329 e. The van der Waals surface area contributed by atoms with Crippen molar-refractivity contribution < 1.29 is 15.0 Å². The molecule has 0 amide bonds. The van der Waals surface area contributed by atoms with E-state index in [2.05, 4.69) is 4.98 Å². The molecular weight excluding hydrogens is 238 g/mol. The second-order valence-electron chi connectivity index (χ2n) is 3.73. The summed E-state index contributed by atoms with van der Waals surface area (Å²) in [5.74, 6) is -1.62. The molecular formula is C11H11N3O4. The van der Waals surface area contributed by atoms with Gasteiger partial charge in [0.2, 0.25) is 5.88 Å². The number of aromatic amines is 1. The van der Waals surface area contributed by atoms with E-state index in [-0.39, 0.29) is 5.69 Å². The Morgan fingerprint density at radius 2 is 1.94 bits per heavy atom. The van der Waals surface area contributed by atoms with Crippen molar-refractivity contribution in [2.24, 2.45) is 0 Å². The summed E-state index contributed by atoms with van der Waals surface area (Å²) in [6.07, 6.45) is 0. The first-order valence-corrected chi connectivity index (χ1v) is 5.08. The number of carbonyl (C=O) groups is 1. The summed E-state index contributed by atoms with van der Waals surface area (Å²) in [4.78, 5) is 24.5. The number of hydrogen-bond donors (Lipinski definition) is 4. The minimum atomic E-state index is -1.21. The molecule has 94 valence electrons. The van der Waals surface area contributed by atoms with Gasteiger partial charge in [0.05, 0.1) is 0 Å². The van der Waals surface area contributed by atoms with Crippen LogP contribution in [0.2, 0.25) is 0 Å². The Balaban J connectivity index is 2.50. The highest BCUT2D eigenvalue weighted by Crippen LogP contribution is 2.26. The molecule has 1 heterocycles. The van der Waals surface area contributed by atoms with Crippen molar-refractivity contribution in [2.75, 3.05) is 5.73 Å². The average molecular weight is 249 g/mol. The molecule has 0 saturated carbocycles. The number of rotatable bonds is 3. The molecule has 0 spiro atoms. The van der Waals surface area contributed by atoms with Gasteiger partial charge < -0.3 is 20.9 Å². The SMILES string of the molecule is Nc1ccc(-c2[nH]c(=O)n(CC(=O)O)c2O)cc1. The molecule has 0 bridgehead atoms. The van der Waals surface area contributed by atoms with Crippen LogP contribution in [-0.2, 0) is 11.3 Å². The van der Waals surface area contributed by atoms with Crippen LogP contribution in [0.5, 0.6) is 5.88 Å². The summed E-state index contributed by atoms with van der Waals surface area (Å²) in [6.45, 7) is -0.601. The summed E-state index contributed by atoms with van der Waals surface area (Å²) in [7, 11) is 0. The van der Waals surface area contributed by atoms with E-state index in [0.29, 0.717) is 11.3 Å². The van der Waals surface area contributed by atoms with Gasteiger partial charge >= 0.3 is 11.7 Å². The molecule has 0 radical (unpaired) electrons. The molecule has 0 unspecified atom stereocenters. The average Bonchev–Trinajstić information content (AvgIpc) is 2.58. The summed E-state index contributed by atoms with van der Waals surface area (Å²) in [6, 6.07) is 6.46. The van der Waals surface area contributed by atoms with Gasteiger partial charge in [-0.1, -0.05) is 12.1 Å². The number of benzene rings is 1. The Morgan fingerprint density at radius 3 is 2.50 bits per heavy atom. The van der Waals surface area contributed by atoms with Crippen LogP contribution in [0, 0.1) is 0 Å². The minimum Gasteiger partial charge on any atom is -0.493 e. The molecule has 7 heteroatoms. The normalized spacial score (nSPS) is 10.4. The molecule has 7 nitrogen and oxygen atoms in total. The number of nitrogens with zero attached hydrogens (tertiary/aromatic N) is 1. The molecule has 0 atom stereocenters. The number of hydrogen-bond acceptors (Lipinski definition) is 4. The molecule has 1 aromatic heterocycles. The van der Waals surface area contributed by atoms with E-state index in [0.717, 1.165) is 4.57 Å². The van der Waals surface area contributed by atoms with E-state index in [1.165, 1.54) is 0 Å². The number of H-pyrrole nitrogens is 1. The van der Waals surface area contributed by atoms with Crippen molar-refractivity contribution in [1.82, 2.24) is 9.55 Å². The molecule has 18 heavy (non-hydrogen) atoms. The number of nitrogen functional groups attached to an aromatic ring is 1. The Kier molecular flexibility index (Phi) is 2.80. The number of aliphatic carboxylic acids is 1. The molecule has 5 N–H and O–H groups in total. The van der Waals surface area contributed by atoms with E-state index >= 15 is 0 Å². The Hall–Kier alpha value is -2.70. The van der Waals surface area contributed by atoms with Crippen molar-refractivity contribution in [3.05, 3.63) is 34.7 Å². The number of aromatic nitrogens is 2. The molecule has 0 aliphatic carbocycles. The lowest BCUT2D eigenvalue weighted by Crippen LogP contribution is -2.21. The fourth-order valence-corrected chi connectivity index (χ4v) is 1.59. The second-order valence-corrected chi connectivity index (χ2v) is 3.73. The summed E-state index contributed by atoms with van der Waals surface area (Å²) in [5, 5.41) is 18.4. The first kappa shape index (κ1) is 11.8. The van der Waals surface area contributed by atoms with E-state index in [4.69, 9.17) is 10.8 Å². The number of carboxylic acid groups (broad SMARTS) is 1. The van der Waals surface area contributed by atoms with Crippen molar-refractivity contribution >= 4 is 11.7 Å². The zero-order chi connectivity index (χ0) is 13.3. The van der Waals surface area contributed by atoms with Gasteiger partial charge in [-0.3, -0.25) is 9.36 Å². The number of anilines is 1. The van der Waals surface area contributed by atoms with Gasteiger partial charge in [0.25, 0.3) is 0 Å². The third kappa shape index (κ3) is 2.05. The zero-order valence-electron chi connectivity index (χ0n) is 9.25. The topological polar surface area (TPSA) is 121 Å². The van der Waals surface area contributed by atoms with Crippen LogP contribution in [0.3, 0.4) is 0 Å². The molecule has 0 aliphatic heterocycles. The van der Waals surface area contributed by atoms with Crippen LogP contribution >= 0.6 is 0 Å². The van der Waals surface area contributed by atoms with Crippen LogP contribution < -0.4 is 11.4 Å². The van der Waals surface area contributed by atoms with Gasteiger partial charge in [-0.05, 0) is 12.1 Å². The van der Waals surface area contributed by atoms with Crippen LogP contribution in [0.4, 0.5) is 5.69 Å². The summed E-state index contributed by atoms with van der Waals surface area (Å²) >= 11 is 0. The fourth-order valence-electron chi connectivity index (χ4n) is 1.59. The first-order chi connectivity index (χ1) is 8.49. The van der Waals surface area contributed by atoms with Gasteiger partial charge in [-0.2, -0.15) is 0 Å². The molecule has 2 aromatic rings. The lowest BCUT2D eigenvalue weighted by Gasteiger charge is -2.01. The van der Waals surface area contributed by atoms with Crippen LogP contribution in [0.15, 0.2) is 29.1 Å². The van der Waals surface area contributed by atoms with Gasteiger partial charge in [-0.25, -0.2) is 4.79 Å². The largest absolute Gasteiger partial charge is 0.493 e. The number of nitrogens with one attached hydrogen (secondary N) is 1. The number of carboxylic acids is 1. The highest BCUT2D eigenvalue weighted by molar-refractivity contribution is 5.69. The highest BCUT2D eigenvalue weighted by Gasteiger charge is 2.16. The fraction of sp³-hybridized carbons (Fsp3) is 0.0909. The van der Waals surface area contributed by atoms with Crippen molar-refractivity contribution in [1.29, 1.82) is 0 Å². The third-order valence-corrected chi connectivity index (χ3v) is 2.45. The lowest BCUT2D eigenvalue weighted by atomic mass is 10.1. The Labute approximate surface area is 101 Å². The Bertz CT molecular complexity index is 639. The molecule has 0 fully saturated rings. The van der Waals surface area contributed by atoms with E-state index in [1.807, 2.05) is 0 Å². The van der Waals surface area contributed by atoms with Gasteiger partial charge in [0.15, 0.2) is 0 Å². The van der Waals surface area contributed by atoms with Crippen molar-refractivity contribution in [3.63, 3.8) is 0 Å². The maximum atomic E-state index is 11.5. The second kappa shape index (κ2) is 4.28. The molecule has 0 aliphatic rings. The van der Waals surface area contributed by atoms with E-state index in [9.17, 15) is 14.7 Å². The van der Waals surface area contributed by atoms with E-state index < -0.39 is 24.1 Å². The molecule has 0 saturated heterocycles. The van der Waals surface area contributed by atoms with Crippen molar-refractivity contribution in [3.8, 4) is 17.1 Å². The Morgan fingerprint density at radius 1 is 1.33 bits per heavy atom. The maximum Gasteiger partial charge on any atom is 0.329 e. The quantitative estimate of drug-likeness (QED) is 0.579. The first-order valence-electron chi connectivity index (χ1n) is 5.08. The summed E-state index contributed by atoms with van der Waals surface area (Å²) < 4.78 is 0.744. The minimum absolute atomic E-state index is 0.168. The standard InChI is InChI=1S/C11H11N3O4/c12-7-3-1-6(2-4-7)9-10(17)14(5-8(15)16)11(18)13-9/h1-4,17H,5,12H2,(H,13,18)(H,15,16). The number of imidazole rings is 1. The third-order valence-electron chi connectivity index (χ3n) is 2.45. The van der Waals surface area contributed by atoms with Gasteiger partial charge in [-0.15, -0.1) is 0 Å². The lowest BCUT2D eigenvalue weighted by molar-refractivity contribution is -0.137. The highest BCUT2D eigenvalue weighted by atomic mass is 16.4. The predicted octanol–water partition coefficient (Wildman–Crippen LogP) is 0.216. The van der Waals surface area contributed by atoms with E-state index in [1.54, 1.807) is 24.3 Å². The number of aromatic hydroxyl groups is 1. The van der Waals surface area contributed by atoms with Gasteiger partial charge in [0.1, 0.15) is 12.2 Å².